The highest BCUT2D eigenvalue weighted by molar-refractivity contribution is 7.13. The molecule has 3 aromatic heterocycles. The fraction of sp³-hybridized carbons (Fsp3) is 0. The van der Waals surface area contributed by atoms with Crippen LogP contribution in [0.15, 0.2) is 78.3 Å². The molecule has 0 saturated carbocycles. The smallest absolute Gasteiger partial charge is 0.280 e. The lowest BCUT2D eigenvalue weighted by Crippen LogP contribution is -2.30. The third-order valence-corrected chi connectivity index (χ3v) is 5.17. The lowest BCUT2D eigenvalue weighted by Gasteiger charge is -2.06. The Morgan fingerprint density at radius 2 is 1.70 bits per heavy atom. The minimum atomic E-state index is -0.475. The number of nitrogens with one attached hydrogen (secondary N) is 2. The normalized spacial score (nSPS) is 10.8. The number of carbonyl (C=O) groups is 1. The third kappa shape index (κ3) is 3.49. The summed E-state index contributed by atoms with van der Waals surface area (Å²) in [5.41, 5.74) is 7.69. The summed E-state index contributed by atoms with van der Waals surface area (Å²) in [4.78, 5) is 26.8. The van der Waals surface area contributed by atoms with Gasteiger partial charge in [0.2, 0.25) is 5.82 Å². The molecule has 0 aliphatic heterocycles. The van der Waals surface area contributed by atoms with E-state index < -0.39 is 5.91 Å². The first-order valence-electron chi connectivity index (χ1n) is 9.12. The van der Waals surface area contributed by atoms with Crippen LogP contribution in [0.5, 0.6) is 0 Å². The van der Waals surface area contributed by atoms with Crippen molar-refractivity contribution in [1.29, 1.82) is 0 Å². The van der Waals surface area contributed by atoms with Gasteiger partial charge in [-0.1, -0.05) is 36.4 Å². The van der Waals surface area contributed by atoms with Crippen LogP contribution >= 0.6 is 11.3 Å². The van der Waals surface area contributed by atoms with Crippen molar-refractivity contribution < 1.29 is 4.79 Å². The van der Waals surface area contributed by atoms with Crippen molar-refractivity contribution in [2.24, 2.45) is 0 Å². The zero-order valence-corrected chi connectivity index (χ0v) is 16.4. The average Bonchev–Trinajstić information content (AvgIpc) is 3.48. The summed E-state index contributed by atoms with van der Waals surface area (Å²) in [5, 5.41) is 6.38. The Bertz CT molecular complexity index is 1320. The lowest BCUT2D eigenvalue weighted by atomic mass is 10.3. The van der Waals surface area contributed by atoms with E-state index in [-0.39, 0.29) is 5.82 Å². The van der Waals surface area contributed by atoms with Crippen molar-refractivity contribution in [1.82, 2.24) is 30.2 Å². The molecule has 0 fully saturated rings. The molecule has 9 heteroatoms. The minimum absolute atomic E-state index is 0.0449. The van der Waals surface area contributed by atoms with Gasteiger partial charge in [-0.3, -0.25) is 20.6 Å². The molecule has 8 nitrogen and oxygen atoms in total. The number of hydrogen-bond acceptors (Lipinski definition) is 7. The number of amides is 1. The van der Waals surface area contributed by atoms with Crippen LogP contribution in [0.1, 0.15) is 10.6 Å². The fourth-order valence-electron chi connectivity index (χ4n) is 2.92. The van der Waals surface area contributed by atoms with Gasteiger partial charge in [0.1, 0.15) is 0 Å². The van der Waals surface area contributed by atoms with Crippen molar-refractivity contribution in [2.75, 3.05) is 5.43 Å². The van der Waals surface area contributed by atoms with Gasteiger partial charge in [0.05, 0.1) is 27.8 Å². The largest absolute Gasteiger partial charge is 0.309 e. The zero-order chi connectivity index (χ0) is 20.3. The van der Waals surface area contributed by atoms with E-state index in [0.29, 0.717) is 11.6 Å². The quantitative estimate of drug-likeness (QED) is 0.427. The number of fused-ring (bicyclic) bond motifs is 1. The monoisotopic (exact) mass is 413 g/mol. The Balaban J connectivity index is 1.41. The maximum atomic E-state index is 12.7. The van der Waals surface area contributed by atoms with Gasteiger partial charge in [0.15, 0.2) is 11.6 Å². The number of aromatic nitrogens is 5. The number of nitrogens with zero attached hydrogens (tertiary/aromatic N) is 5. The van der Waals surface area contributed by atoms with Crippen LogP contribution in [-0.2, 0) is 0 Å². The molecule has 1 amide bonds. The number of hydrazine groups is 1. The molecule has 0 radical (unpaired) electrons. The van der Waals surface area contributed by atoms with E-state index in [2.05, 4.69) is 30.9 Å². The predicted octanol–water partition coefficient (Wildman–Crippen LogP) is 3.70. The number of carbonyl (C=O) groups excluding carboxylic acids is 1. The van der Waals surface area contributed by atoms with E-state index >= 15 is 0 Å². The molecule has 3 heterocycles. The topological polar surface area (TPSA) is 97.6 Å². The van der Waals surface area contributed by atoms with E-state index in [9.17, 15) is 4.79 Å². The van der Waals surface area contributed by atoms with E-state index in [1.807, 2.05) is 72.1 Å². The second kappa shape index (κ2) is 7.72. The standard InChI is InChI=1S/C21H15N7OS/c29-21(26-25-18-13-22-15-9-4-5-10-16(15)23-18)19-24-20(17-11-6-12-30-17)28(27-19)14-7-2-1-3-8-14/h1-13H,(H,23,25)(H,26,29). The second-order valence-electron chi connectivity index (χ2n) is 6.31. The number of benzene rings is 2. The summed E-state index contributed by atoms with van der Waals surface area (Å²) in [7, 11) is 0. The molecule has 2 N–H and O–H groups in total. The summed E-state index contributed by atoms with van der Waals surface area (Å²) in [5.74, 6) is 0.593. The van der Waals surface area contributed by atoms with Crippen LogP contribution in [0, 0.1) is 0 Å². The molecule has 30 heavy (non-hydrogen) atoms. The molecule has 0 atom stereocenters. The van der Waals surface area contributed by atoms with E-state index in [0.717, 1.165) is 21.6 Å². The highest BCUT2D eigenvalue weighted by Gasteiger charge is 2.19. The highest BCUT2D eigenvalue weighted by Crippen LogP contribution is 2.25. The van der Waals surface area contributed by atoms with Crippen LogP contribution in [0.3, 0.4) is 0 Å². The summed E-state index contributed by atoms with van der Waals surface area (Å²) in [6.45, 7) is 0. The van der Waals surface area contributed by atoms with Crippen molar-refractivity contribution in [2.45, 2.75) is 0 Å². The summed E-state index contributed by atoms with van der Waals surface area (Å²) in [6, 6.07) is 21.0. The van der Waals surface area contributed by atoms with Crippen molar-refractivity contribution in [3.63, 3.8) is 0 Å². The first-order chi connectivity index (χ1) is 14.8. The van der Waals surface area contributed by atoms with Crippen molar-refractivity contribution in [3.8, 4) is 16.4 Å². The highest BCUT2D eigenvalue weighted by atomic mass is 32.1. The predicted molar refractivity (Wildman–Crippen MR) is 115 cm³/mol. The zero-order valence-electron chi connectivity index (χ0n) is 15.6. The number of hydrogen-bond donors (Lipinski definition) is 2. The van der Waals surface area contributed by atoms with Gasteiger partial charge in [-0.25, -0.2) is 14.6 Å². The second-order valence-corrected chi connectivity index (χ2v) is 7.25. The Hall–Kier alpha value is -4.11. The van der Waals surface area contributed by atoms with E-state index in [1.165, 1.54) is 11.3 Å². The lowest BCUT2D eigenvalue weighted by molar-refractivity contribution is 0.0952. The van der Waals surface area contributed by atoms with Gasteiger partial charge in [0, 0.05) is 0 Å². The first-order valence-corrected chi connectivity index (χ1v) is 10.0. The molecule has 0 aliphatic rings. The molecule has 0 saturated heterocycles. The Kier molecular flexibility index (Phi) is 4.62. The average molecular weight is 413 g/mol. The number of anilines is 1. The molecule has 0 spiro atoms. The molecular formula is C21H15N7OS. The number of rotatable bonds is 5. The third-order valence-electron chi connectivity index (χ3n) is 4.31. The summed E-state index contributed by atoms with van der Waals surface area (Å²) < 4.78 is 1.66. The number of thiophene rings is 1. The molecule has 0 bridgehead atoms. The molecule has 5 aromatic rings. The van der Waals surface area contributed by atoms with Crippen molar-refractivity contribution >= 4 is 34.1 Å². The minimum Gasteiger partial charge on any atom is -0.280 e. The summed E-state index contributed by atoms with van der Waals surface area (Å²) >= 11 is 1.53. The Labute approximate surface area is 175 Å². The van der Waals surface area contributed by atoms with Gasteiger partial charge < -0.3 is 0 Å². The van der Waals surface area contributed by atoms with Gasteiger partial charge in [-0.15, -0.1) is 16.4 Å². The van der Waals surface area contributed by atoms with Crippen LogP contribution in [0.4, 0.5) is 5.82 Å². The van der Waals surface area contributed by atoms with Gasteiger partial charge >= 0.3 is 5.91 Å². The Morgan fingerprint density at radius 1 is 0.900 bits per heavy atom. The molecule has 146 valence electrons. The molecular weight excluding hydrogens is 398 g/mol. The maximum absolute atomic E-state index is 12.7. The first kappa shape index (κ1) is 18.0. The van der Waals surface area contributed by atoms with Crippen LogP contribution in [0.2, 0.25) is 0 Å². The molecule has 0 aliphatic carbocycles. The van der Waals surface area contributed by atoms with Crippen LogP contribution in [-0.4, -0.2) is 30.6 Å². The maximum Gasteiger partial charge on any atom is 0.309 e. The van der Waals surface area contributed by atoms with Crippen LogP contribution in [0.25, 0.3) is 27.4 Å². The number of para-hydroxylation sites is 3. The van der Waals surface area contributed by atoms with Gasteiger partial charge in [-0.2, -0.15) is 0 Å². The fourth-order valence-corrected chi connectivity index (χ4v) is 3.62. The van der Waals surface area contributed by atoms with E-state index in [4.69, 9.17) is 0 Å². The van der Waals surface area contributed by atoms with Crippen molar-refractivity contribution in [3.05, 3.63) is 84.1 Å². The van der Waals surface area contributed by atoms with Gasteiger partial charge in [-0.05, 0) is 35.7 Å². The van der Waals surface area contributed by atoms with E-state index in [1.54, 1.807) is 10.9 Å². The Morgan fingerprint density at radius 3 is 2.50 bits per heavy atom. The molecule has 0 unspecified atom stereocenters. The molecule has 2 aromatic carbocycles. The summed E-state index contributed by atoms with van der Waals surface area (Å²) in [6.07, 6.45) is 1.55. The van der Waals surface area contributed by atoms with Gasteiger partial charge in [0.25, 0.3) is 0 Å². The van der Waals surface area contributed by atoms with Crippen LogP contribution < -0.4 is 10.9 Å². The SMILES string of the molecule is O=C(NNc1cnc2ccccc2n1)c1nc(-c2cccs2)n(-c2ccccc2)n1. The molecule has 5 rings (SSSR count).